The Kier molecular flexibility index (Phi) is 5.05. The van der Waals surface area contributed by atoms with Crippen molar-refractivity contribution in [1.82, 2.24) is 9.71 Å². The zero-order chi connectivity index (χ0) is 14.4. The number of nitrogens with two attached hydrogens (primary N) is 1. The van der Waals surface area contributed by atoms with Gasteiger partial charge in [-0.3, -0.25) is 4.98 Å². The van der Waals surface area contributed by atoms with Crippen LogP contribution in [0.2, 0.25) is 0 Å². The van der Waals surface area contributed by atoms with Crippen LogP contribution < -0.4 is 10.5 Å². The lowest BCUT2D eigenvalue weighted by atomic mass is 10.2. The number of unbranched alkanes of at least 4 members (excludes halogenated alkanes) is 2. The highest BCUT2D eigenvalue weighted by Crippen LogP contribution is 2.21. The molecule has 0 aliphatic heterocycles. The van der Waals surface area contributed by atoms with E-state index >= 15 is 0 Å². The number of nitrogens with one attached hydrogen (secondary N) is 1. The molecule has 3 N–H and O–H groups in total. The van der Waals surface area contributed by atoms with Crippen LogP contribution in [0.1, 0.15) is 19.3 Å². The fourth-order valence-electron chi connectivity index (χ4n) is 2.06. The minimum Gasteiger partial charge on any atom is -0.330 e. The second kappa shape index (κ2) is 6.78. The molecule has 0 atom stereocenters. The molecule has 0 amide bonds. The van der Waals surface area contributed by atoms with E-state index in [1.807, 2.05) is 6.07 Å². The van der Waals surface area contributed by atoms with E-state index < -0.39 is 10.0 Å². The van der Waals surface area contributed by atoms with Crippen LogP contribution >= 0.6 is 0 Å². The van der Waals surface area contributed by atoms with E-state index in [0.29, 0.717) is 23.4 Å². The van der Waals surface area contributed by atoms with Crippen LogP contribution in [-0.4, -0.2) is 26.5 Å². The number of rotatable bonds is 7. The van der Waals surface area contributed by atoms with Gasteiger partial charge in [-0.05, 0) is 31.5 Å². The Bertz CT molecular complexity index is 666. The molecule has 0 aliphatic carbocycles. The smallest absolute Gasteiger partial charge is 0.241 e. The van der Waals surface area contributed by atoms with Crippen LogP contribution in [0.5, 0.6) is 0 Å². The fourth-order valence-corrected chi connectivity index (χ4v) is 3.36. The maximum Gasteiger partial charge on any atom is 0.241 e. The normalized spacial score (nSPS) is 11.8. The first kappa shape index (κ1) is 14.9. The molecule has 1 aromatic carbocycles. The highest BCUT2D eigenvalue weighted by Gasteiger charge is 2.16. The molecule has 0 saturated carbocycles. The molecule has 5 nitrogen and oxygen atoms in total. The molecule has 0 radical (unpaired) electrons. The summed E-state index contributed by atoms with van der Waals surface area (Å²) in [5, 5.41) is 1.51. The van der Waals surface area contributed by atoms with Crippen molar-refractivity contribution in [3.63, 3.8) is 0 Å². The Balaban J connectivity index is 2.15. The summed E-state index contributed by atoms with van der Waals surface area (Å²) in [6.07, 6.45) is 5.90. The molecule has 0 fully saturated rings. The van der Waals surface area contributed by atoms with Gasteiger partial charge in [0.2, 0.25) is 10.0 Å². The van der Waals surface area contributed by atoms with E-state index in [1.54, 1.807) is 30.6 Å². The van der Waals surface area contributed by atoms with Gasteiger partial charge in [0, 0.05) is 29.7 Å². The van der Waals surface area contributed by atoms with Crippen LogP contribution in [0.25, 0.3) is 10.8 Å². The van der Waals surface area contributed by atoms with Gasteiger partial charge in [-0.1, -0.05) is 18.6 Å². The van der Waals surface area contributed by atoms with Gasteiger partial charge in [-0.15, -0.1) is 0 Å². The van der Waals surface area contributed by atoms with Crippen LogP contribution in [0.4, 0.5) is 0 Å². The molecular formula is C14H19N3O2S. The lowest BCUT2D eigenvalue weighted by molar-refractivity contribution is 0.576. The summed E-state index contributed by atoms with van der Waals surface area (Å²) in [4.78, 5) is 4.31. The average molecular weight is 293 g/mol. The number of hydrogen-bond acceptors (Lipinski definition) is 4. The van der Waals surface area contributed by atoms with Crippen molar-refractivity contribution < 1.29 is 8.42 Å². The lowest BCUT2D eigenvalue weighted by Crippen LogP contribution is -2.25. The van der Waals surface area contributed by atoms with Gasteiger partial charge in [-0.25, -0.2) is 13.1 Å². The Hall–Kier alpha value is -1.50. The number of sulfonamides is 1. The van der Waals surface area contributed by atoms with E-state index in [1.165, 1.54) is 0 Å². The van der Waals surface area contributed by atoms with Crippen molar-refractivity contribution in [3.05, 3.63) is 36.7 Å². The van der Waals surface area contributed by atoms with Gasteiger partial charge in [-0.2, -0.15) is 0 Å². The van der Waals surface area contributed by atoms with Gasteiger partial charge in [0.25, 0.3) is 0 Å². The largest absolute Gasteiger partial charge is 0.330 e. The Morgan fingerprint density at radius 1 is 1.15 bits per heavy atom. The number of fused-ring (bicyclic) bond motifs is 1. The maximum atomic E-state index is 12.3. The molecule has 6 heteroatoms. The quantitative estimate of drug-likeness (QED) is 0.760. The third kappa shape index (κ3) is 3.53. The van der Waals surface area contributed by atoms with Gasteiger partial charge in [0.15, 0.2) is 0 Å². The van der Waals surface area contributed by atoms with E-state index in [2.05, 4.69) is 9.71 Å². The molecule has 0 aliphatic rings. The highest BCUT2D eigenvalue weighted by molar-refractivity contribution is 7.89. The Morgan fingerprint density at radius 2 is 2.00 bits per heavy atom. The number of nitrogens with zero attached hydrogens (tertiary/aromatic N) is 1. The molecule has 0 saturated heterocycles. The fraction of sp³-hybridized carbons (Fsp3) is 0.357. The standard InChI is InChI=1S/C14H19N3O2S/c15-8-2-1-3-9-17-20(18,19)14-6-4-5-12-11-16-10-7-13(12)14/h4-7,10-11,17H,1-3,8-9,15H2. The molecular weight excluding hydrogens is 274 g/mol. The van der Waals surface area contributed by atoms with E-state index in [-0.39, 0.29) is 0 Å². The molecule has 0 bridgehead atoms. The summed E-state index contributed by atoms with van der Waals surface area (Å²) >= 11 is 0. The molecule has 0 spiro atoms. The third-order valence-electron chi connectivity index (χ3n) is 3.10. The van der Waals surface area contributed by atoms with Gasteiger partial charge in [0.1, 0.15) is 0 Å². The Labute approximate surface area is 119 Å². The number of pyridine rings is 1. The zero-order valence-electron chi connectivity index (χ0n) is 11.2. The van der Waals surface area contributed by atoms with Crippen LogP contribution in [0.3, 0.4) is 0 Å². The first-order valence-corrected chi connectivity index (χ1v) is 8.16. The van der Waals surface area contributed by atoms with Crippen molar-refractivity contribution in [2.45, 2.75) is 24.2 Å². The van der Waals surface area contributed by atoms with E-state index in [9.17, 15) is 8.42 Å². The molecule has 0 unspecified atom stereocenters. The third-order valence-corrected chi connectivity index (χ3v) is 4.62. The molecule has 108 valence electrons. The summed E-state index contributed by atoms with van der Waals surface area (Å²) in [6.45, 7) is 1.08. The van der Waals surface area contributed by atoms with Crippen molar-refractivity contribution in [2.75, 3.05) is 13.1 Å². The molecule has 2 aromatic rings. The highest BCUT2D eigenvalue weighted by atomic mass is 32.2. The van der Waals surface area contributed by atoms with Gasteiger partial charge in [0.05, 0.1) is 4.90 Å². The van der Waals surface area contributed by atoms with Crippen LogP contribution in [-0.2, 0) is 10.0 Å². The maximum absolute atomic E-state index is 12.3. The summed E-state index contributed by atoms with van der Waals surface area (Å²) in [7, 11) is -3.48. The van der Waals surface area contributed by atoms with Crippen LogP contribution in [0, 0.1) is 0 Å². The monoisotopic (exact) mass is 293 g/mol. The summed E-state index contributed by atoms with van der Waals surface area (Å²) in [5.74, 6) is 0. The summed E-state index contributed by atoms with van der Waals surface area (Å²) < 4.78 is 27.3. The van der Waals surface area contributed by atoms with Crippen molar-refractivity contribution in [3.8, 4) is 0 Å². The number of aromatic nitrogens is 1. The van der Waals surface area contributed by atoms with Gasteiger partial charge >= 0.3 is 0 Å². The predicted molar refractivity (Wildman–Crippen MR) is 79.8 cm³/mol. The zero-order valence-corrected chi connectivity index (χ0v) is 12.1. The van der Waals surface area contributed by atoms with E-state index in [4.69, 9.17) is 5.73 Å². The van der Waals surface area contributed by atoms with Crippen molar-refractivity contribution >= 4 is 20.8 Å². The second-order valence-corrected chi connectivity index (χ2v) is 6.34. The predicted octanol–water partition coefficient (Wildman–Crippen LogP) is 1.64. The Morgan fingerprint density at radius 3 is 2.80 bits per heavy atom. The molecule has 20 heavy (non-hydrogen) atoms. The SMILES string of the molecule is NCCCCCNS(=O)(=O)c1cccc2cnccc12. The van der Waals surface area contributed by atoms with Crippen LogP contribution in [0.15, 0.2) is 41.6 Å². The first-order valence-electron chi connectivity index (χ1n) is 6.67. The van der Waals surface area contributed by atoms with Crippen molar-refractivity contribution in [1.29, 1.82) is 0 Å². The number of benzene rings is 1. The topological polar surface area (TPSA) is 85.1 Å². The van der Waals surface area contributed by atoms with Gasteiger partial charge < -0.3 is 5.73 Å². The lowest BCUT2D eigenvalue weighted by Gasteiger charge is -2.09. The first-order chi connectivity index (χ1) is 9.65. The summed E-state index contributed by atoms with van der Waals surface area (Å²) in [5.41, 5.74) is 5.41. The molecule has 1 heterocycles. The molecule has 2 rings (SSSR count). The summed E-state index contributed by atoms with van der Waals surface area (Å²) in [6, 6.07) is 6.92. The van der Waals surface area contributed by atoms with Crippen molar-refractivity contribution in [2.24, 2.45) is 5.73 Å². The molecule has 1 aromatic heterocycles. The minimum absolute atomic E-state index is 0.302. The second-order valence-electron chi connectivity index (χ2n) is 4.60. The minimum atomic E-state index is -3.48. The average Bonchev–Trinajstić information content (AvgIpc) is 2.46. The van der Waals surface area contributed by atoms with E-state index in [0.717, 1.165) is 24.6 Å². The number of hydrogen-bond donors (Lipinski definition) is 2.